The lowest BCUT2D eigenvalue weighted by Crippen LogP contribution is -2.52. The van der Waals surface area contributed by atoms with Crippen molar-refractivity contribution in [2.75, 3.05) is 31.6 Å². The first-order valence-corrected chi connectivity index (χ1v) is 18.7. The summed E-state index contributed by atoms with van der Waals surface area (Å²) in [6.45, 7) is 10.2. The smallest absolute Gasteiger partial charge is 0.258 e. The normalized spacial score (nSPS) is 13.0. The van der Waals surface area contributed by atoms with Gasteiger partial charge in [0.1, 0.15) is 5.75 Å². The van der Waals surface area contributed by atoms with Crippen LogP contribution in [0.3, 0.4) is 0 Å². The van der Waals surface area contributed by atoms with Crippen molar-refractivity contribution in [3.05, 3.63) is 93.3 Å². The molecule has 0 aliphatic rings. The number of aliphatic hydroxyl groups is 1. The highest BCUT2D eigenvalue weighted by Crippen LogP contribution is 2.28. The van der Waals surface area contributed by atoms with Crippen molar-refractivity contribution in [3.63, 3.8) is 0 Å². The average Bonchev–Trinajstić information content (AvgIpc) is 3.49. The van der Waals surface area contributed by atoms with Crippen LogP contribution in [-0.4, -0.2) is 67.1 Å². The molecular formula is C35H43BrN4O5S2. The zero-order chi connectivity index (χ0) is 34.1. The fourth-order valence-corrected chi connectivity index (χ4v) is 8.36. The molecule has 252 valence electrons. The van der Waals surface area contributed by atoms with E-state index in [4.69, 9.17) is 4.74 Å². The van der Waals surface area contributed by atoms with E-state index in [1.54, 1.807) is 24.3 Å². The number of amides is 1. The molecule has 1 amide bonds. The number of rotatable bonds is 16. The second-order valence-corrected chi connectivity index (χ2v) is 15.6. The second kappa shape index (κ2) is 16.7. The maximum absolute atomic E-state index is 14.0. The molecule has 0 spiro atoms. The van der Waals surface area contributed by atoms with Crippen LogP contribution in [0.15, 0.2) is 81.5 Å². The van der Waals surface area contributed by atoms with E-state index in [2.05, 4.69) is 31.5 Å². The van der Waals surface area contributed by atoms with Gasteiger partial charge in [0.05, 0.1) is 22.7 Å². The number of aryl methyl sites for hydroxylation is 2. The lowest BCUT2D eigenvalue weighted by atomic mass is 10.0. The number of anilines is 1. The van der Waals surface area contributed by atoms with Crippen molar-refractivity contribution < 1.29 is 23.1 Å². The second-order valence-electron chi connectivity index (χ2n) is 11.9. The first-order chi connectivity index (χ1) is 22.4. The number of thiazole rings is 1. The molecule has 0 fully saturated rings. The zero-order valence-corrected chi connectivity index (χ0v) is 30.6. The van der Waals surface area contributed by atoms with Crippen molar-refractivity contribution in [2.24, 2.45) is 5.92 Å². The molecule has 3 aromatic carbocycles. The Hall–Kier alpha value is -3.29. The summed E-state index contributed by atoms with van der Waals surface area (Å²) in [5.74, 6) is 0.195. The summed E-state index contributed by atoms with van der Waals surface area (Å²) in [5.41, 5.74) is 4.24. The SMILES string of the molecule is CCNc1nc(-c2ccc(S(=O)(=O)N(CC(C)C)C[C@@H](O)[C@H](Cc3ccccc3)NC(=O)COc3c(C)cc(Br)cc3C)cc2)cs1. The van der Waals surface area contributed by atoms with Gasteiger partial charge in [0, 0.05) is 35.1 Å². The average molecular weight is 744 g/mol. The molecule has 1 heterocycles. The Kier molecular flexibility index (Phi) is 13.0. The molecule has 0 unspecified atom stereocenters. The molecule has 47 heavy (non-hydrogen) atoms. The maximum atomic E-state index is 14.0. The van der Waals surface area contributed by atoms with E-state index in [9.17, 15) is 18.3 Å². The number of hydrogen-bond donors (Lipinski definition) is 3. The fraction of sp³-hybridized carbons (Fsp3) is 0.371. The van der Waals surface area contributed by atoms with Gasteiger partial charge in [-0.25, -0.2) is 13.4 Å². The summed E-state index contributed by atoms with van der Waals surface area (Å²) in [4.78, 5) is 17.9. The van der Waals surface area contributed by atoms with E-state index in [-0.39, 0.29) is 30.5 Å². The Morgan fingerprint density at radius 3 is 2.32 bits per heavy atom. The number of halogens is 1. The third-order valence-corrected chi connectivity index (χ3v) is 10.6. The molecular weight excluding hydrogens is 700 g/mol. The van der Waals surface area contributed by atoms with Gasteiger partial charge in [0.25, 0.3) is 5.91 Å². The van der Waals surface area contributed by atoms with Gasteiger partial charge in [-0.2, -0.15) is 4.31 Å². The minimum Gasteiger partial charge on any atom is -0.483 e. The molecule has 4 rings (SSSR count). The number of carbonyl (C=O) groups is 1. The van der Waals surface area contributed by atoms with Crippen molar-refractivity contribution in [2.45, 2.75) is 58.1 Å². The van der Waals surface area contributed by atoms with Gasteiger partial charge >= 0.3 is 0 Å². The van der Waals surface area contributed by atoms with Crippen LogP contribution in [0.1, 0.15) is 37.5 Å². The van der Waals surface area contributed by atoms with Gasteiger partial charge in [-0.05, 0) is 74.1 Å². The number of ether oxygens (including phenoxy) is 1. The van der Waals surface area contributed by atoms with E-state index in [1.165, 1.54) is 15.6 Å². The Bertz CT molecular complexity index is 1710. The van der Waals surface area contributed by atoms with E-state index >= 15 is 0 Å². The molecule has 0 radical (unpaired) electrons. The number of hydrogen-bond acceptors (Lipinski definition) is 8. The van der Waals surface area contributed by atoms with Crippen LogP contribution in [0.5, 0.6) is 5.75 Å². The highest BCUT2D eigenvalue weighted by Gasteiger charge is 2.31. The number of carbonyl (C=O) groups excluding carboxylic acids is 1. The summed E-state index contributed by atoms with van der Waals surface area (Å²) in [7, 11) is -3.99. The molecule has 12 heteroatoms. The van der Waals surface area contributed by atoms with Crippen molar-refractivity contribution in [1.29, 1.82) is 0 Å². The molecule has 9 nitrogen and oxygen atoms in total. The van der Waals surface area contributed by atoms with E-state index in [0.717, 1.165) is 44.1 Å². The molecule has 0 bridgehead atoms. The summed E-state index contributed by atoms with van der Waals surface area (Å²) in [6, 6.07) is 19.2. The number of nitrogens with one attached hydrogen (secondary N) is 2. The quantitative estimate of drug-likeness (QED) is 0.121. The molecule has 3 N–H and O–H groups in total. The highest BCUT2D eigenvalue weighted by molar-refractivity contribution is 9.10. The fourth-order valence-electron chi connectivity index (χ4n) is 5.26. The van der Waals surface area contributed by atoms with Gasteiger partial charge in [-0.15, -0.1) is 11.3 Å². The summed E-state index contributed by atoms with van der Waals surface area (Å²) in [5, 5.41) is 20.4. The minimum atomic E-state index is -3.99. The van der Waals surface area contributed by atoms with Crippen LogP contribution in [0.2, 0.25) is 0 Å². The van der Waals surface area contributed by atoms with E-state index in [1.807, 2.05) is 82.5 Å². The summed E-state index contributed by atoms with van der Waals surface area (Å²) < 4.78 is 36.1. The number of benzene rings is 3. The van der Waals surface area contributed by atoms with Gasteiger partial charge in [0.15, 0.2) is 11.7 Å². The standard InChI is InChI=1S/C35H43BrN4O5S2/c1-6-37-35-39-31(22-46-35)27-12-14-29(15-13-27)47(43,44)40(19-23(2)3)20-32(41)30(18-26-10-8-7-9-11-26)38-33(42)21-45-34-24(4)16-28(36)17-25(34)5/h7-17,22-23,30,32,41H,6,18-21H2,1-5H3,(H,37,39)(H,38,42)/t30-,32+/m0/s1. The maximum Gasteiger partial charge on any atom is 0.258 e. The number of nitrogens with zero attached hydrogens (tertiary/aromatic N) is 2. The molecule has 0 aliphatic carbocycles. The number of aromatic nitrogens is 1. The van der Waals surface area contributed by atoms with Crippen LogP contribution in [0, 0.1) is 19.8 Å². The molecule has 4 aromatic rings. The molecule has 0 saturated heterocycles. The predicted molar refractivity (Wildman–Crippen MR) is 193 cm³/mol. The number of aliphatic hydroxyl groups excluding tert-OH is 1. The van der Waals surface area contributed by atoms with Gasteiger partial charge in [0.2, 0.25) is 10.0 Å². The molecule has 2 atom stereocenters. The molecule has 0 aliphatic heterocycles. The van der Waals surface area contributed by atoms with Gasteiger partial charge < -0.3 is 20.5 Å². The van der Waals surface area contributed by atoms with Crippen LogP contribution in [-0.2, 0) is 21.2 Å². The lowest BCUT2D eigenvalue weighted by Gasteiger charge is -2.31. The van der Waals surface area contributed by atoms with Crippen molar-refractivity contribution in [1.82, 2.24) is 14.6 Å². The number of sulfonamides is 1. The Balaban J connectivity index is 1.53. The lowest BCUT2D eigenvalue weighted by molar-refractivity contribution is -0.124. The summed E-state index contributed by atoms with van der Waals surface area (Å²) >= 11 is 4.97. The van der Waals surface area contributed by atoms with E-state index in [0.29, 0.717) is 12.2 Å². The van der Waals surface area contributed by atoms with Crippen LogP contribution >= 0.6 is 27.3 Å². The highest BCUT2D eigenvalue weighted by atomic mass is 79.9. The minimum absolute atomic E-state index is 0.0105. The van der Waals surface area contributed by atoms with Crippen molar-refractivity contribution in [3.8, 4) is 17.0 Å². The van der Waals surface area contributed by atoms with Crippen LogP contribution < -0.4 is 15.4 Å². The van der Waals surface area contributed by atoms with Crippen LogP contribution in [0.4, 0.5) is 5.13 Å². The third kappa shape index (κ3) is 10.1. The van der Waals surface area contributed by atoms with Crippen molar-refractivity contribution >= 4 is 48.3 Å². The Labute approximate surface area is 290 Å². The first-order valence-electron chi connectivity index (χ1n) is 15.6. The van der Waals surface area contributed by atoms with Gasteiger partial charge in [-0.1, -0.05) is 72.2 Å². The first kappa shape index (κ1) is 36.5. The Morgan fingerprint density at radius 1 is 1.04 bits per heavy atom. The van der Waals surface area contributed by atoms with Crippen LogP contribution in [0.25, 0.3) is 11.3 Å². The largest absolute Gasteiger partial charge is 0.483 e. The van der Waals surface area contributed by atoms with E-state index < -0.39 is 28.1 Å². The molecule has 0 saturated carbocycles. The predicted octanol–water partition coefficient (Wildman–Crippen LogP) is 6.44. The third-order valence-electron chi connectivity index (χ3n) is 7.46. The Morgan fingerprint density at radius 2 is 1.70 bits per heavy atom. The topological polar surface area (TPSA) is 121 Å². The monoisotopic (exact) mass is 742 g/mol. The summed E-state index contributed by atoms with van der Waals surface area (Å²) in [6.07, 6.45) is -0.903. The van der Waals surface area contributed by atoms with Gasteiger partial charge in [-0.3, -0.25) is 4.79 Å². The zero-order valence-electron chi connectivity index (χ0n) is 27.4. The molecule has 1 aromatic heterocycles.